The van der Waals surface area contributed by atoms with Crippen LogP contribution in [0.15, 0.2) is 72.8 Å². The zero-order valence-electron chi connectivity index (χ0n) is 15.2. The van der Waals surface area contributed by atoms with E-state index < -0.39 is 0 Å². The maximum atomic E-state index is 13.3. The van der Waals surface area contributed by atoms with E-state index in [-0.39, 0.29) is 11.6 Å². The molecular weight excluding hydrogens is 372 g/mol. The lowest BCUT2D eigenvalue weighted by molar-refractivity contribution is 0.627. The molecule has 0 fully saturated rings. The highest BCUT2D eigenvalue weighted by atomic mass is 19.1. The number of hydrogen-bond donors (Lipinski definition) is 1. The molecule has 142 valence electrons. The Morgan fingerprint density at radius 3 is 2.28 bits per heavy atom. The van der Waals surface area contributed by atoms with E-state index >= 15 is 0 Å². The van der Waals surface area contributed by atoms with Crippen LogP contribution in [0.3, 0.4) is 0 Å². The first-order valence-electron chi connectivity index (χ1n) is 9.07. The average molecular weight is 387 g/mol. The van der Waals surface area contributed by atoms with E-state index in [1.807, 2.05) is 24.3 Å². The Hall–Kier alpha value is -3.87. The van der Waals surface area contributed by atoms with E-state index in [0.29, 0.717) is 23.7 Å². The minimum atomic E-state index is -0.315. The van der Waals surface area contributed by atoms with Crippen LogP contribution >= 0.6 is 0 Å². The Labute approximate surface area is 164 Å². The third-order valence-corrected chi connectivity index (χ3v) is 4.74. The molecule has 2 aromatic heterocycles. The van der Waals surface area contributed by atoms with Gasteiger partial charge in [0.1, 0.15) is 23.1 Å². The van der Waals surface area contributed by atoms with E-state index in [2.05, 4.69) is 15.6 Å². The number of anilines is 1. The topological polar surface area (TPSA) is 55.1 Å². The van der Waals surface area contributed by atoms with Gasteiger partial charge in [0.15, 0.2) is 5.65 Å². The fourth-order valence-electron chi connectivity index (χ4n) is 3.28. The third kappa shape index (κ3) is 3.16. The Morgan fingerprint density at radius 1 is 0.828 bits per heavy atom. The fraction of sp³-hybridized carbons (Fsp3) is 0.0455. The molecule has 7 heteroatoms. The van der Waals surface area contributed by atoms with Crippen molar-refractivity contribution in [3.63, 3.8) is 0 Å². The molecule has 0 unspecified atom stereocenters. The van der Waals surface area contributed by atoms with Crippen molar-refractivity contribution in [2.24, 2.45) is 0 Å². The lowest BCUT2D eigenvalue weighted by Crippen LogP contribution is -2.05. The largest absolute Gasteiger partial charge is 0.365 e. The summed E-state index contributed by atoms with van der Waals surface area (Å²) in [4.78, 5) is 4.75. The number of rotatable bonds is 4. The van der Waals surface area contributed by atoms with Crippen LogP contribution in [0, 0.1) is 11.6 Å². The second-order valence-corrected chi connectivity index (χ2v) is 6.64. The second kappa shape index (κ2) is 6.94. The summed E-state index contributed by atoms with van der Waals surface area (Å²) in [5.74, 6) is 0.0846. The van der Waals surface area contributed by atoms with Crippen LogP contribution in [-0.2, 0) is 6.54 Å². The van der Waals surface area contributed by atoms with Crippen LogP contribution in [-0.4, -0.2) is 19.8 Å². The molecule has 0 radical (unpaired) electrons. The Balaban J connectivity index is 1.62. The summed E-state index contributed by atoms with van der Waals surface area (Å²) in [6.07, 6.45) is 0. The van der Waals surface area contributed by atoms with Crippen LogP contribution in [0.5, 0.6) is 0 Å². The highest BCUT2D eigenvalue weighted by Crippen LogP contribution is 2.28. The quantitative estimate of drug-likeness (QED) is 0.480. The van der Waals surface area contributed by atoms with Crippen LogP contribution in [0.1, 0.15) is 5.56 Å². The van der Waals surface area contributed by atoms with Crippen molar-refractivity contribution in [1.29, 1.82) is 0 Å². The van der Waals surface area contributed by atoms with Crippen LogP contribution < -0.4 is 5.32 Å². The lowest BCUT2D eigenvalue weighted by Gasteiger charge is -2.10. The van der Waals surface area contributed by atoms with E-state index in [1.165, 1.54) is 24.3 Å². The number of halogens is 2. The molecule has 0 atom stereocenters. The van der Waals surface area contributed by atoms with Gasteiger partial charge in [-0.15, -0.1) is 5.10 Å². The van der Waals surface area contributed by atoms with Gasteiger partial charge in [0, 0.05) is 17.5 Å². The number of para-hydroxylation sites is 1. The van der Waals surface area contributed by atoms with Crippen molar-refractivity contribution in [3.8, 4) is 11.3 Å². The zero-order chi connectivity index (χ0) is 19.8. The molecule has 5 nitrogen and oxygen atoms in total. The number of benzene rings is 3. The molecule has 5 rings (SSSR count). The predicted molar refractivity (Wildman–Crippen MR) is 107 cm³/mol. The number of aromatic nitrogens is 4. The molecule has 0 spiro atoms. The summed E-state index contributed by atoms with van der Waals surface area (Å²) < 4.78 is 28.1. The Bertz CT molecular complexity index is 1310. The van der Waals surface area contributed by atoms with Crippen LogP contribution in [0.4, 0.5) is 14.6 Å². The van der Waals surface area contributed by atoms with Gasteiger partial charge in [0.05, 0.1) is 5.52 Å². The van der Waals surface area contributed by atoms with Crippen molar-refractivity contribution in [2.45, 2.75) is 6.54 Å². The summed E-state index contributed by atoms with van der Waals surface area (Å²) in [7, 11) is 0. The van der Waals surface area contributed by atoms with Gasteiger partial charge in [-0.1, -0.05) is 29.5 Å². The van der Waals surface area contributed by atoms with E-state index in [4.69, 9.17) is 4.98 Å². The first-order chi connectivity index (χ1) is 14.2. The number of nitrogens with zero attached hydrogens (tertiary/aromatic N) is 4. The first kappa shape index (κ1) is 17.2. The van der Waals surface area contributed by atoms with Gasteiger partial charge < -0.3 is 5.32 Å². The minimum Gasteiger partial charge on any atom is -0.365 e. The molecule has 0 aliphatic rings. The molecule has 0 bridgehead atoms. The summed E-state index contributed by atoms with van der Waals surface area (Å²) in [5, 5.41) is 12.7. The van der Waals surface area contributed by atoms with Crippen LogP contribution in [0.25, 0.3) is 27.8 Å². The maximum Gasteiger partial charge on any atom is 0.186 e. The van der Waals surface area contributed by atoms with E-state index in [9.17, 15) is 8.78 Å². The van der Waals surface area contributed by atoms with Gasteiger partial charge in [0.25, 0.3) is 0 Å². The van der Waals surface area contributed by atoms with Gasteiger partial charge in [-0.25, -0.2) is 13.8 Å². The zero-order valence-corrected chi connectivity index (χ0v) is 15.2. The molecule has 0 aliphatic heterocycles. The molecule has 0 saturated carbocycles. The summed E-state index contributed by atoms with van der Waals surface area (Å²) >= 11 is 0. The predicted octanol–water partition coefficient (Wildman–Crippen LogP) is 4.83. The van der Waals surface area contributed by atoms with Crippen molar-refractivity contribution in [1.82, 2.24) is 19.8 Å². The average Bonchev–Trinajstić information content (AvgIpc) is 3.18. The Kier molecular flexibility index (Phi) is 4.13. The fourth-order valence-corrected chi connectivity index (χ4v) is 3.28. The summed E-state index contributed by atoms with van der Waals surface area (Å²) in [6, 6.07) is 20.1. The van der Waals surface area contributed by atoms with Crippen LogP contribution in [0.2, 0.25) is 0 Å². The standard InChI is InChI=1S/C22H15F2N5/c23-16-9-5-14(6-10-16)13-25-21-18-3-1-2-4-19(18)29-22(26-21)20(27-28-29)15-7-11-17(24)12-8-15/h1-12H,13H2,(H,25,26). The van der Waals surface area contributed by atoms with Crippen molar-refractivity contribution in [3.05, 3.63) is 90.0 Å². The molecule has 0 saturated heterocycles. The SMILES string of the molecule is Fc1ccc(CNc2nc3c(-c4ccc(F)cc4)nnn3c3ccccc23)cc1. The molecule has 3 aromatic carbocycles. The van der Waals surface area contributed by atoms with Gasteiger partial charge in [-0.05, 0) is 54.1 Å². The Morgan fingerprint density at radius 2 is 1.52 bits per heavy atom. The molecule has 0 aliphatic carbocycles. The highest BCUT2D eigenvalue weighted by Gasteiger charge is 2.15. The van der Waals surface area contributed by atoms with E-state index in [1.54, 1.807) is 28.8 Å². The third-order valence-electron chi connectivity index (χ3n) is 4.74. The number of nitrogens with one attached hydrogen (secondary N) is 1. The monoisotopic (exact) mass is 387 g/mol. The summed E-state index contributed by atoms with van der Waals surface area (Å²) in [5.41, 5.74) is 3.65. The van der Waals surface area contributed by atoms with Gasteiger partial charge in [0.2, 0.25) is 0 Å². The summed E-state index contributed by atoms with van der Waals surface area (Å²) in [6.45, 7) is 0.487. The van der Waals surface area contributed by atoms with Gasteiger partial charge in [-0.3, -0.25) is 0 Å². The van der Waals surface area contributed by atoms with Crippen molar-refractivity contribution < 1.29 is 8.78 Å². The van der Waals surface area contributed by atoms with E-state index in [0.717, 1.165) is 22.0 Å². The van der Waals surface area contributed by atoms with Crippen molar-refractivity contribution >= 4 is 22.4 Å². The van der Waals surface area contributed by atoms with Gasteiger partial charge >= 0.3 is 0 Å². The first-order valence-corrected chi connectivity index (χ1v) is 9.07. The lowest BCUT2D eigenvalue weighted by atomic mass is 10.1. The van der Waals surface area contributed by atoms with Gasteiger partial charge in [-0.2, -0.15) is 4.52 Å². The normalized spacial score (nSPS) is 11.2. The van der Waals surface area contributed by atoms with Crippen molar-refractivity contribution in [2.75, 3.05) is 5.32 Å². The molecular formula is C22H15F2N5. The minimum absolute atomic E-state index is 0.270. The molecule has 2 heterocycles. The number of hydrogen-bond acceptors (Lipinski definition) is 4. The number of fused-ring (bicyclic) bond motifs is 3. The molecule has 5 aromatic rings. The molecule has 0 amide bonds. The smallest absolute Gasteiger partial charge is 0.186 e. The molecule has 1 N–H and O–H groups in total. The molecule has 29 heavy (non-hydrogen) atoms. The maximum absolute atomic E-state index is 13.3. The second-order valence-electron chi connectivity index (χ2n) is 6.64. The highest BCUT2D eigenvalue weighted by molar-refractivity contribution is 5.93.